The van der Waals surface area contributed by atoms with Crippen molar-refractivity contribution < 1.29 is 9.90 Å². The second-order valence-electron chi connectivity index (χ2n) is 4.75. The molecule has 1 saturated heterocycles. The van der Waals surface area contributed by atoms with E-state index >= 15 is 0 Å². The Bertz CT molecular complexity index is 252. The minimum absolute atomic E-state index is 0.494. The Balaban J connectivity index is 2.51. The average Bonchev–Trinajstić information content (AvgIpc) is 2.29. The quantitative estimate of drug-likeness (QED) is 0.558. The topological polar surface area (TPSA) is 40.5 Å². The fraction of sp³-hybridized carbons (Fsp3) is 0.769. The molecule has 3 nitrogen and oxygen atoms in total. The Morgan fingerprint density at radius 2 is 2.38 bits per heavy atom. The standard InChI is InChI=1S/C13H23NO2/c1-3-5-6-9-14-10-7-8-13(4-2,11-14)12(15)16/h3H,1,4-11H2,2H3,(H,15,16). The van der Waals surface area contributed by atoms with E-state index in [4.69, 9.17) is 0 Å². The summed E-state index contributed by atoms with van der Waals surface area (Å²) >= 11 is 0. The number of rotatable bonds is 6. The van der Waals surface area contributed by atoms with Gasteiger partial charge in [-0.2, -0.15) is 0 Å². The van der Waals surface area contributed by atoms with Gasteiger partial charge in [-0.25, -0.2) is 0 Å². The molecule has 0 aromatic carbocycles. The van der Waals surface area contributed by atoms with Crippen LogP contribution in [0.25, 0.3) is 0 Å². The van der Waals surface area contributed by atoms with Gasteiger partial charge in [0, 0.05) is 6.54 Å². The first-order chi connectivity index (χ1) is 7.64. The number of carbonyl (C=O) groups is 1. The molecule has 16 heavy (non-hydrogen) atoms. The van der Waals surface area contributed by atoms with Crippen molar-refractivity contribution in [1.29, 1.82) is 0 Å². The molecule has 1 aliphatic heterocycles. The highest BCUT2D eigenvalue weighted by Crippen LogP contribution is 2.33. The van der Waals surface area contributed by atoms with Gasteiger partial charge >= 0.3 is 5.97 Å². The molecule has 0 radical (unpaired) electrons. The lowest BCUT2D eigenvalue weighted by atomic mass is 9.77. The van der Waals surface area contributed by atoms with E-state index in [2.05, 4.69) is 11.5 Å². The number of hydrogen-bond donors (Lipinski definition) is 1. The van der Waals surface area contributed by atoms with Crippen LogP contribution < -0.4 is 0 Å². The van der Waals surface area contributed by atoms with Gasteiger partial charge in [0.1, 0.15) is 0 Å². The molecule has 0 bridgehead atoms. The van der Waals surface area contributed by atoms with Gasteiger partial charge in [-0.05, 0) is 45.2 Å². The summed E-state index contributed by atoms with van der Waals surface area (Å²) in [6.45, 7) is 8.46. The predicted octanol–water partition coefficient (Wildman–Crippen LogP) is 2.53. The third-order valence-electron chi connectivity index (χ3n) is 3.67. The SMILES string of the molecule is C=CCCCN1CCCC(CC)(C(=O)O)C1. The van der Waals surface area contributed by atoms with Crippen molar-refractivity contribution in [3.05, 3.63) is 12.7 Å². The molecule has 1 rings (SSSR count). The molecule has 1 atom stereocenters. The van der Waals surface area contributed by atoms with Gasteiger partial charge in [-0.15, -0.1) is 6.58 Å². The number of carboxylic acids is 1. The molecule has 1 unspecified atom stereocenters. The molecule has 0 saturated carbocycles. The molecule has 3 heteroatoms. The zero-order chi connectivity index (χ0) is 12.0. The molecule has 1 fully saturated rings. The lowest BCUT2D eigenvalue weighted by Crippen LogP contribution is -2.47. The fourth-order valence-electron chi connectivity index (χ4n) is 2.49. The smallest absolute Gasteiger partial charge is 0.310 e. The molecule has 1 aliphatic rings. The number of piperidine rings is 1. The maximum Gasteiger partial charge on any atom is 0.310 e. The van der Waals surface area contributed by atoms with E-state index in [1.807, 2.05) is 13.0 Å². The number of unbranched alkanes of at least 4 members (excludes halogenated alkanes) is 1. The zero-order valence-corrected chi connectivity index (χ0v) is 10.2. The van der Waals surface area contributed by atoms with Crippen molar-refractivity contribution in [3.63, 3.8) is 0 Å². The van der Waals surface area contributed by atoms with E-state index in [0.717, 1.165) is 51.7 Å². The van der Waals surface area contributed by atoms with Crippen LogP contribution >= 0.6 is 0 Å². The maximum atomic E-state index is 11.3. The van der Waals surface area contributed by atoms with Crippen LogP contribution in [0.3, 0.4) is 0 Å². The zero-order valence-electron chi connectivity index (χ0n) is 10.2. The minimum atomic E-state index is -0.622. The largest absolute Gasteiger partial charge is 0.481 e. The highest BCUT2D eigenvalue weighted by atomic mass is 16.4. The molecule has 0 aliphatic carbocycles. The monoisotopic (exact) mass is 225 g/mol. The Labute approximate surface area is 98.1 Å². The first-order valence-electron chi connectivity index (χ1n) is 6.21. The molecule has 1 heterocycles. The number of hydrogen-bond acceptors (Lipinski definition) is 2. The number of nitrogens with zero attached hydrogens (tertiary/aromatic N) is 1. The van der Waals surface area contributed by atoms with Crippen molar-refractivity contribution in [2.75, 3.05) is 19.6 Å². The van der Waals surface area contributed by atoms with Gasteiger partial charge in [0.05, 0.1) is 5.41 Å². The predicted molar refractivity (Wildman–Crippen MR) is 65.5 cm³/mol. The molecular weight excluding hydrogens is 202 g/mol. The van der Waals surface area contributed by atoms with Crippen LogP contribution in [-0.4, -0.2) is 35.6 Å². The highest BCUT2D eigenvalue weighted by molar-refractivity contribution is 5.75. The lowest BCUT2D eigenvalue weighted by Gasteiger charge is -2.39. The van der Waals surface area contributed by atoms with Gasteiger partial charge in [0.15, 0.2) is 0 Å². The van der Waals surface area contributed by atoms with Crippen LogP contribution in [0.15, 0.2) is 12.7 Å². The van der Waals surface area contributed by atoms with Crippen LogP contribution in [0.5, 0.6) is 0 Å². The molecule has 0 amide bonds. The van der Waals surface area contributed by atoms with Gasteiger partial charge in [-0.1, -0.05) is 13.0 Å². The first kappa shape index (κ1) is 13.2. The van der Waals surface area contributed by atoms with Crippen LogP contribution in [0.2, 0.25) is 0 Å². The lowest BCUT2D eigenvalue weighted by molar-refractivity contribution is -0.152. The Kier molecular flexibility index (Phi) is 5.00. The van der Waals surface area contributed by atoms with E-state index in [1.54, 1.807) is 0 Å². The van der Waals surface area contributed by atoms with E-state index in [9.17, 15) is 9.90 Å². The third-order valence-corrected chi connectivity index (χ3v) is 3.67. The molecule has 0 aromatic rings. The molecule has 0 aromatic heterocycles. The summed E-state index contributed by atoms with van der Waals surface area (Å²) in [7, 11) is 0. The van der Waals surface area contributed by atoms with Crippen molar-refractivity contribution in [2.45, 2.75) is 39.0 Å². The van der Waals surface area contributed by atoms with E-state index < -0.39 is 11.4 Å². The van der Waals surface area contributed by atoms with Crippen molar-refractivity contribution in [2.24, 2.45) is 5.41 Å². The van der Waals surface area contributed by atoms with Crippen LogP contribution in [0, 0.1) is 5.41 Å². The Hall–Kier alpha value is -0.830. The van der Waals surface area contributed by atoms with Crippen LogP contribution in [-0.2, 0) is 4.79 Å². The van der Waals surface area contributed by atoms with Crippen molar-refractivity contribution >= 4 is 5.97 Å². The highest BCUT2D eigenvalue weighted by Gasteiger charge is 2.40. The molecule has 1 N–H and O–H groups in total. The van der Waals surface area contributed by atoms with Crippen molar-refractivity contribution in [3.8, 4) is 0 Å². The van der Waals surface area contributed by atoms with Gasteiger partial charge < -0.3 is 10.0 Å². The second kappa shape index (κ2) is 6.04. The number of likely N-dealkylation sites (tertiary alicyclic amines) is 1. The van der Waals surface area contributed by atoms with Crippen molar-refractivity contribution in [1.82, 2.24) is 4.90 Å². The normalized spacial score (nSPS) is 26.6. The third kappa shape index (κ3) is 3.08. The summed E-state index contributed by atoms with van der Waals surface area (Å²) in [6, 6.07) is 0. The van der Waals surface area contributed by atoms with Crippen LogP contribution in [0.1, 0.15) is 39.0 Å². The van der Waals surface area contributed by atoms with E-state index in [0.29, 0.717) is 0 Å². The first-order valence-corrected chi connectivity index (χ1v) is 6.21. The summed E-state index contributed by atoms with van der Waals surface area (Å²) in [4.78, 5) is 13.6. The van der Waals surface area contributed by atoms with Gasteiger partial charge in [-0.3, -0.25) is 4.79 Å². The van der Waals surface area contributed by atoms with Gasteiger partial charge in [0.2, 0.25) is 0 Å². The minimum Gasteiger partial charge on any atom is -0.481 e. The molecular formula is C13H23NO2. The summed E-state index contributed by atoms with van der Waals surface area (Å²) in [6.07, 6.45) is 6.60. The summed E-state index contributed by atoms with van der Waals surface area (Å²) in [5.41, 5.74) is -0.494. The summed E-state index contributed by atoms with van der Waals surface area (Å²) < 4.78 is 0. The summed E-state index contributed by atoms with van der Waals surface area (Å²) in [5.74, 6) is -0.622. The number of aliphatic carboxylic acids is 1. The van der Waals surface area contributed by atoms with Gasteiger partial charge in [0.25, 0.3) is 0 Å². The second-order valence-corrected chi connectivity index (χ2v) is 4.75. The average molecular weight is 225 g/mol. The number of allylic oxidation sites excluding steroid dienone is 1. The summed E-state index contributed by atoms with van der Waals surface area (Å²) in [5, 5.41) is 9.34. The molecule has 92 valence electrons. The number of carboxylic acid groups (broad SMARTS) is 1. The Morgan fingerprint density at radius 3 is 2.94 bits per heavy atom. The fourth-order valence-corrected chi connectivity index (χ4v) is 2.49. The van der Waals surface area contributed by atoms with E-state index in [1.165, 1.54) is 0 Å². The van der Waals surface area contributed by atoms with Crippen LogP contribution in [0.4, 0.5) is 0 Å². The maximum absolute atomic E-state index is 11.3. The van der Waals surface area contributed by atoms with E-state index in [-0.39, 0.29) is 0 Å². The molecule has 0 spiro atoms. The Morgan fingerprint density at radius 1 is 1.62 bits per heavy atom.